The third-order valence-corrected chi connectivity index (χ3v) is 2.11. The summed E-state index contributed by atoms with van der Waals surface area (Å²) < 4.78 is 27.3. The van der Waals surface area contributed by atoms with E-state index in [0.717, 1.165) is 0 Å². The van der Waals surface area contributed by atoms with Crippen molar-refractivity contribution in [3.63, 3.8) is 0 Å². The highest BCUT2D eigenvalue weighted by Gasteiger charge is 2.43. The van der Waals surface area contributed by atoms with Crippen LogP contribution in [-0.2, 0) is 18.6 Å². The van der Waals surface area contributed by atoms with Crippen molar-refractivity contribution in [2.75, 3.05) is 13.7 Å². The first-order valence-corrected chi connectivity index (χ1v) is 8.64. The molecule has 0 aromatic rings. The van der Waals surface area contributed by atoms with Gasteiger partial charge in [-0.3, -0.25) is 0 Å². The van der Waals surface area contributed by atoms with Gasteiger partial charge in [-0.25, -0.2) is 9.13 Å². The Morgan fingerprint density at radius 1 is 0.913 bits per heavy atom. The van der Waals surface area contributed by atoms with E-state index in [0.29, 0.717) is 0 Å². The van der Waals surface area contributed by atoms with Gasteiger partial charge in [-0.05, 0) is 0 Å². The van der Waals surface area contributed by atoms with Gasteiger partial charge in [0, 0.05) is 7.11 Å². The lowest BCUT2D eigenvalue weighted by molar-refractivity contribution is -0.291. The molecule has 1 saturated heterocycles. The van der Waals surface area contributed by atoms with Gasteiger partial charge in [0.2, 0.25) is 0 Å². The molecule has 16 heteroatoms. The van der Waals surface area contributed by atoms with Crippen LogP contribution in [0.5, 0.6) is 0 Å². The predicted molar refractivity (Wildman–Crippen MR) is 69.3 cm³/mol. The van der Waals surface area contributed by atoms with E-state index in [1.807, 2.05) is 0 Å². The summed E-state index contributed by atoms with van der Waals surface area (Å²) >= 11 is 0. The maximum absolute atomic E-state index is 9.38. The molecule has 1 fully saturated rings. The molecule has 0 amide bonds. The highest BCUT2D eigenvalue weighted by atomic mass is 31.2. The Morgan fingerprint density at radius 2 is 1.26 bits per heavy atom. The van der Waals surface area contributed by atoms with E-state index in [-0.39, 0.29) is 0 Å². The normalized spacial score (nSPS) is 31.3. The number of hydrogen-bond donors (Lipinski definition) is 10. The third kappa shape index (κ3) is 15.3. The Morgan fingerprint density at radius 3 is 1.52 bits per heavy atom. The van der Waals surface area contributed by atoms with Crippen LogP contribution in [0.2, 0.25) is 0 Å². The van der Waals surface area contributed by atoms with Gasteiger partial charge in [-0.15, -0.1) is 0 Å². The molecule has 0 bridgehead atoms. The second-order valence-corrected chi connectivity index (χ2v) is 6.01. The summed E-state index contributed by atoms with van der Waals surface area (Å²) in [7, 11) is -7.99. The number of ether oxygens (including phenoxy) is 2. The Hall–Kier alpha value is -0.0200. The zero-order chi connectivity index (χ0) is 19.0. The van der Waals surface area contributed by atoms with Crippen LogP contribution in [-0.4, -0.2) is 94.2 Å². The van der Waals surface area contributed by atoms with Gasteiger partial charge < -0.3 is 59.3 Å². The molecule has 0 saturated carbocycles. The molecule has 0 spiro atoms. The number of aliphatic hydroxyl groups excluding tert-OH is 4. The Balaban J connectivity index is 0. The number of methoxy groups -OCH3 is 1. The summed E-state index contributed by atoms with van der Waals surface area (Å²) in [5, 5.41) is 36.7. The molecular formula is C7H20O14P2. The Labute approximate surface area is 129 Å². The van der Waals surface area contributed by atoms with E-state index in [4.69, 9.17) is 53.1 Å². The molecule has 23 heavy (non-hydrogen) atoms. The fourth-order valence-electron chi connectivity index (χ4n) is 1.33. The van der Waals surface area contributed by atoms with Gasteiger partial charge in [0.1, 0.15) is 24.4 Å². The highest BCUT2D eigenvalue weighted by Crippen LogP contribution is 2.26. The van der Waals surface area contributed by atoms with Gasteiger partial charge in [0.25, 0.3) is 0 Å². The average molecular weight is 390 g/mol. The molecule has 5 atom stereocenters. The molecule has 0 unspecified atom stereocenters. The van der Waals surface area contributed by atoms with Gasteiger partial charge in [0.15, 0.2) is 6.29 Å². The van der Waals surface area contributed by atoms with Crippen LogP contribution in [0, 0.1) is 0 Å². The van der Waals surface area contributed by atoms with Crippen molar-refractivity contribution in [2.45, 2.75) is 30.7 Å². The SMILES string of the molecule is CO[C@@H]1[C@@H](O)[C@@H](O)[C@@H](CO)O[C@@H]1O.O=P(O)(O)O.O=P(O)(O)O. The molecule has 0 aromatic carbocycles. The second kappa shape index (κ2) is 10.8. The molecule has 1 rings (SSSR count). The molecular weight excluding hydrogens is 370 g/mol. The first-order valence-electron chi connectivity index (χ1n) is 5.51. The van der Waals surface area contributed by atoms with Crippen LogP contribution in [0.4, 0.5) is 0 Å². The Kier molecular flexibility index (Phi) is 11.8. The number of aliphatic hydroxyl groups is 4. The van der Waals surface area contributed by atoms with Crippen molar-refractivity contribution in [2.24, 2.45) is 0 Å². The average Bonchev–Trinajstić information content (AvgIpc) is 2.30. The monoisotopic (exact) mass is 390 g/mol. The van der Waals surface area contributed by atoms with Crippen molar-refractivity contribution >= 4 is 15.6 Å². The van der Waals surface area contributed by atoms with Crippen molar-refractivity contribution in [1.29, 1.82) is 0 Å². The quantitative estimate of drug-likeness (QED) is 0.200. The molecule has 1 aliphatic heterocycles. The number of rotatable bonds is 2. The molecule has 0 radical (unpaired) electrons. The fraction of sp³-hybridized carbons (Fsp3) is 1.00. The lowest BCUT2D eigenvalue weighted by Gasteiger charge is -2.39. The van der Waals surface area contributed by atoms with Crippen LogP contribution < -0.4 is 0 Å². The van der Waals surface area contributed by atoms with E-state index < -0.39 is 53.0 Å². The standard InChI is InChI=1S/C7H14O6.2H3O4P/c1-12-6-5(10)4(9)3(2-8)13-7(6)11;2*1-5(2,3)4/h3-11H,2H2,1H3;2*(H3,1,2,3,4)/t3-,4+,5+,6-,7+;;/m1../s1. The largest absolute Gasteiger partial charge is 0.466 e. The van der Waals surface area contributed by atoms with Crippen molar-refractivity contribution < 1.29 is 68.4 Å². The maximum atomic E-state index is 9.38. The molecule has 0 aromatic heterocycles. The van der Waals surface area contributed by atoms with E-state index in [1.54, 1.807) is 0 Å². The molecule has 1 aliphatic rings. The molecule has 0 aliphatic carbocycles. The van der Waals surface area contributed by atoms with Gasteiger partial charge in [0.05, 0.1) is 6.61 Å². The van der Waals surface area contributed by atoms with E-state index in [2.05, 4.69) is 0 Å². The number of hydrogen-bond acceptors (Lipinski definition) is 8. The van der Waals surface area contributed by atoms with Crippen LogP contribution in [0.1, 0.15) is 0 Å². The maximum Gasteiger partial charge on any atom is 0.466 e. The Bertz CT molecular complexity index is 367. The van der Waals surface area contributed by atoms with Crippen LogP contribution >= 0.6 is 15.6 Å². The lowest BCUT2D eigenvalue weighted by atomic mass is 9.99. The molecule has 1 heterocycles. The zero-order valence-electron chi connectivity index (χ0n) is 11.6. The summed E-state index contributed by atoms with van der Waals surface area (Å²) in [4.78, 5) is 43.1. The van der Waals surface area contributed by atoms with E-state index >= 15 is 0 Å². The first-order chi connectivity index (χ1) is 10.1. The molecule has 142 valence electrons. The zero-order valence-corrected chi connectivity index (χ0v) is 13.4. The van der Waals surface area contributed by atoms with Gasteiger partial charge in [-0.1, -0.05) is 0 Å². The van der Waals surface area contributed by atoms with Crippen LogP contribution in [0.15, 0.2) is 0 Å². The van der Waals surface area contributed by atoms with E-state index in [9.17, 15) is 15.3 Å². The topological polar surface area (TPSA) is 255 Å². The molecule has 10 N–H and O–H groups in total. The minimum atomic E-state index is -4.64. The number of phosphoric acid groups is 2. The first kappa shape index (κ1) is 25.2. The van der Waals surface area contributed by atoms with Crippen molar-refractivity contribution in [1.82, 2.24) is 0 Å². The molecule has 14 nitrogen and oxygen atoms in total. The second-order valence-electron chi connectivity index (χ2n) is 3.96. The fourth-order valence-corrected chi connectivity index (χ4v) is 1.33. The summed E-state index contributed by atoms with van der Waals surface area (Å²) in [5.74, 6) is 0. The minimum Gasteiger partial charge on any atom is -0.394 e. The predicted octanol–water partition coefficient (Wildman–Crippen LogP) is -4.42. The van der Waals surface area contributed by atoms with Gasteiger partial charge in [-0.2, -0.15) is 0 Å². The minimum absolute atomic E-state index is 0.467. The van der Waals surface area contributed by atoms with E-state index in [1.165, 1.54) is 7.11 Å². The summed E-state index contributed by atoms with van der Waals surface area (Å²) in [5.41, 5.74) is 0. The van der Waals surface area contributed by atoms with Crippen molar-refractivity contribution in [3.8, 4) is 0 Å². The van der Waals surface area contributed by atoms with Gasteiger partial charge >= 0.3 is 15.6 Å². The highest BCUT2D eigenvalue weighted by molar-refractivity contribution is 7.45. The van der Waals surface area contributed by atoms with Crippen molar-refractivity contribution in [3.05, 3.63) is 0 Å². The smallest absolute Gasteiger partial charge is 0.394 e. The lowest BCUT2D eigenvalue weighted by Crippen LogP contribution is -2.59. The van der Waals surface area contributed by atoms with Crippen LogP contribution in [0.3, 0.4) is 0 Å². The van der Waals surface area contributed by atoms with Crippen LogP contribution in [0.25, 0.3) is 0 Å². The summed E-state index contributed by atoms with van der Waals surface area (Å²) in [6.07, 6.45) is -5.81. The summed E-state index contributed by atoms with van der Waals surface area (Å²) in [6, 6.07) is 0. The third-order valence-electron chi connectivity index (χ3n) is 2.11. The summed E-state index contributed by atoms with van der Waals surface area (Å²) in [6.45, 7) is -0.467.